The van der Waals surface area contributed by atoms with Crippen molar-refractivity contribution >= 4 is 16.1 Å². The lowest BCUT2D eigenvalue weighted by Gasteiger charge is -2.37. The Morgan fingerprint density at radius 3 is 2.42 bits per heavy atom. The Hall–Kier alpha value is -3.34. The Bertz CT molecular complexity index is 1560. The molecular weight excluding hydrogens is 527 g/mol. The van der Waals surface area contributed by atoms with Crippen molar-refractivity contribution < 1.29 is 13.2 Å². The number of hydrogen-bond acceptors (Lipinski definition) is 4. The summed E-state index contributed by atoms with van der Waals surface area (Å²) in [5.74, 6) is 0.245. The highest BCUT2D eigenvalue weighted by atomic mass is 32.3. The highest BCUT2D eigenvalue weighted by Crippen LogP contribution is 2.47. The molecule has 2 atom stereocenters. The maximum atomic E-state index is 15.0. The third kappa shape index (κ3) is 4.48. The second-order valence-corrected chi connectivity index (χ2v) is 13.4. The average Bonchev–Trinajstić information content (AvgIpc) is 3.70. The number of imidazole rings is 1. The van der Waals surface area contributed by atoms with Crippen LogP contribution in [0, 0.1) is 11.7 Å². The van der Waals surface area contributed by atoms with Gasteiger partial charge in [-0.1, -0.05) is 28.6 Å². The van der Waals surface area contributed by atoms with Gasteiger partial charge in [-0.3, -0.25) is 4.68 Å². The Kier molecular flexibility index (Phi) is 6.36. The second-order valence-electron chi connectivity index (χ2n) is 11.3. The van der Waals surface area contributed by atoms with Gasteiger partial charge in [0.15, 0.2) is 6.26 Å². The van der Waals surface area contributed by atoms with Crippen molar-refractivity contribution in [1.82, 2.24) is 23.6 Å². The normalized spacial score (nSPS) is 21.8. The van der Waals surface area contributed by atoms with Crippen LogP contribution in [0.1, 0.15) is 43.3 Å². The van der Waals surface area contributed by atoms with E-state index in [0.717, 1.165) is 66.7 Å². The van der Waals surface area contributed by atoms with Crippen molar-refractivity contribution in [3.63, 3.8) is 0 Å². The molecule has 4 aromatic rings. The molecule has 1 N–H and O–H groups in total. The summed E-state index contributed by atoms with van der Waals surface area (Å²) < 4.78 is 42.5. The fourth-order valence-electron chi connectivity index (χ4n) is 6.87. The topological polar surface area (TPSA) is 79.4 Å². The number of fused-ring (bicyclic) bond motifs is 3. The van der Waals surface area contributed by atoms with Gasteiger partial charge in [0.05, 0.1) is 36.5 Å². The van der Waals surface area contributed by atoms with Crippen LogP contribution in [0.3, 0.4) is 0 Å². The number of hydrogen-bond donors (Lipinski definition) is 1. The van der Waals surface area contributed by atoms with E-state index < -0.39 is 10.4 Å². The van der Waals surface area contributed by atoms with Gasteiger partial charge in [-0.15, -0.1) is 0 Å². The zero-order valence-corrected chi connectivity index (χ0v) is 23.4. The van der Waals surface area contributed by atoms with Crippen LogP contribution in [-0.2, 0) is 14.6 Å². The molecule has 2 unspecified atom stereocenters. The van der Waals surface area contributed by atoms with Crippen LogP contribution in [0.15, 0.2) is 67.4 Å². The van der Waals surface area contributed by atoms with E-state index in [0.29, 0.717) is 19.0 Å². The smallest absolute Gasteiger partial charge is 0.288 e. The van der Waals surface area contributed by atoms with Gasteiger partial charge in [0.2, 0.25) is 0 Å². The van der Waals surface area contributed by atoms with Gasteiger partial charge in [-0.2, -0.15) is 9.65 Å². The van der Waals surface area contributed by atoms with Gasteiger partial charge < -0.3 is 9.47 Å². The van der Waals surface area contributed by atoms with E-state index in [-0.39, 0.29) is 17.9 Å². The summed E-state index contributed by atoms with van der Waals surface area (Å²) in [5.41, 5.74) is 6.23. The monoisotopic (exact) mass is 561 g/mol. The third-order valence-corrected chi connectivity index (χ3v) is 10.3. The molecule has 3 aliphatic rings. The Morgan fingerprint density at radius 2 is 1.70 bits per heavy atom. The maximum Gasteiger partial charge on any atom is 0.288 e. The largest absolute Gasteiger partial charge is 0.372 e. The maximum absolute atomic E-state index is 15.0. The zero-order chi connectivity index (χ0) is 27.4. The van der Waals surface area contributed by atoms with Gasteiger partial charge in [-0.05, 0) is 59.6 Å². The van der Waals surface area contributed by atoms with E-state index in [4.69, 9.17) is 0 Å². The van der Waals surface area contributed by atoms with E-state index in [1.54, 1.807) is 16.4 Å². The minimum absolute atomic E-state index is 0.0108. The van der Waals surface area contributed by atoms with Crippen LogP contribution >= 0.6 is 0 Å². The summed E-state index contributed by atoms with van der Waals surface area (Å²) in [4.78, 5) is 6.78. The third-order valence-electron chi connectivity index (χ3n) is 9.02. The molecule has 2 aromatic heterocycles. The number of anilines is 1. The predicted molar refractivity (Wildman–Crippen MR) is 155 cm³/mol. The summed E-state index contributed by atoms with van der Waals surface area (Å²) >= 11 is 0. The van der Waals surface area contributed by atoms with E-state index in [2.05, 4.69) is 50.0 Å². The number of benzene rings is 2. The fraction of sp³-hybridized carbons (Fsp3) is 0.400. The van der Waals surface area contributed by atoms with Crippen molar-refractivity contribution in [3.05, 3.63) is 78.8 Å². The highest BCUT2D eigenvalue weighted by molar-refractivity contribution is 7.94. The Labute approximate surface area is 234 Å². The molecule has 40 heavy (non-hydrogen) atoms. The summed E-state index contributed by atoms with van der Waals surface area (Å²) in [5, 5.41) is 4.62. The number of piperidine rings is 2. The molecule has 0 amide bonds. The van der Waals surface area contributed by atoms with E-state index in [9.17, 15) is 13.2 Å². The molecule has 208 valence electrons. The molecule has 2 saturated heterocycles. The minimum atomic E-state index is -2.88. The van der Waals surface area contributed by atoms with Crippen LogP contribution in [-0.4, -0.2) is 60.6 Å². The van der Waals surface area contributed by atoms with Crippen molar-refractivity contribution in [2.24, 2.45) is 5.92 Å². The molecular formula is C30H34FN6O2S+. The predicted octanol–water partition coefficient (Wildman–Crippen LogP) is 5.53. The number of halogens is 1. The molecule has 10 heteroatoms. The van der Waals surface area contributed by atoms with Crippen molar-refractivity contribution in [1.29, 1.82) is 0 Å². The average molecular weight is 562 g/mol. The molecule has 0 radical (unpaired) electrons. The first-order valence-corrected chi connectivity index (χ1v) is 15.9. The lowest BCUT2D eigenvalue weighted by Crippen LogP contribution is -2.41. The lowest BCUT2D eigenvalue weighted by atomic mass is 9.85. The molecule has 5 heterocycles. The van der Waals surface area contributed by atoms with E-state index >= 15 is 0 Å². The van der Waals surface area contributed by atoms with Crippen LogP contribution < -0.4 is 4.90 Å². The second kappa shape index (κ2) is 9.94. The molecule has 0 spiro atoms. The van der Waals surface area contributed by atoms with Gasteiger partial charge in [0.25, 0.3) is 10.4 Å². The quantitative estimate of drug-likeness (QED) is 0.325. The summed E-state index contributed by atoms with van der Waals surface area (Å²) in [6.07, 6.45) is 12.7. The molecule has 8 nitrogen and oxygen atoms in total. The molecule has 2 aromatic carbocycles. The van der Waals surface area contributed by atoms with Gasteiger partial charge in [-0.25, -0.2) is 9.37 Å². The van der Waals surface area contributed by atoms with Gasteiger partial charge in [0, 0.05) is 54.8 Å². The minimum Gasteiger partial charge on any atom is -0.372 e. The summed E-state index contributed by atoms with van der Waals surface area (Å²) in [6, 6.07) is 14.3. The zero-order valence-electron chi connectivity index (χ0n) is 22.6. The van der Waals surface area contributed by atoms with Crippen molar-refractivity contribution in [3.8, 4) is 22.4 Å². The van der Waals surface area contributed by atoms with Gasteiger partial charge in [0.1, 0.15) is 5.82 Å². The Balaban J connectivity index is 0.999. The van der Waals surface area contributed by atoms with Crippen molar-refractivity contribution in [2.75, 3.05) is 37.3 Å². The number of aromatic nitrogens is 4. The molecule has 0 bridgehead atoms. The lowest BCUT2D eigenvalue weighted by molar-refractivity contribution is 0.250. The molecule has 7 rings (SSSR count). The molecule has 3 aliphatic heterocycles. The number of nitrogens with zero attached hydrogens (tertiary/aromatic N) is 6. The molecule has 0 aliphatic carbocycles. The fourth-order valence-corrected chi connectivity index (χ4v) is 7.76. The SMILES string of the molecule is C[S+](=O)(O)N1CCC(n2cc(-c3ccc(N4CCC(C5c6c(F)cccc6-c6cncn65)CC4)cc3)cn2)CC1. The van der Waals surface area contributed by atoms with E-state index in [1.165, 1.54) is 11.9 Å². The van der Waals surface area contributed by atoms with E-state index in [1.807, 2.05) is 29.5 Å². The first kappa shape index (κ1) is 25.6. The molecule has 2 fully saturated rings. The summed E-state index contributed by atoms with van der Waals surface area (Å²) in [7, 11) is -2.88. The number of rotatable bonds is 5. The van der Waals surface area contributed by atoms with Crippen molar-refractivity contribution in [2.45, 2.75) is 37.8 Å². The molecule has 0 saturated carbocycles. The summed E-state index contributed by atoms with van der Waals surface area (Å²) in [6.45, 7) is 3.07. The van der Waals surface area contributed by atoms with Gasteiger partial charge >= 0.3 is 0 Å². The highest BCUT2D eigenvalue weighted by Gasteiger charge is 2.38. The van der Waals surface area contributed by atoms with Crippen LogP contribution in [0.5, 0.6) is 0 Å². The standard InChI is InChI=1S/C30H33FN6O2S/c1-40(38,39)35-15-11-25(12-16-35)37-19-23(17-33-37)21-5-7-24(8-6-21)34-13-9-22(10-14-34)30-29-26(3-2-4-27(29)31)28-18-32-20-36(28)30/h2-8,17-20,22,25,30H,9-16H2,1H3/p+1. The Morgan fingerprint density at radius 1 is 0.950 bits per heavy atom. The first-order valence-electron chi connectivity index (χ1n) is 14.0. The first-order chi connectivity index (χ1) is 19.4. The van der Waals surface area contributed by atoms with Crippen LogP contribution in [0.25, 0.3) is 22.4 Å². The van der Waals surface area contributed by atoms with Crippen LogP contribution in [0.2, 0.25) is 0 Å². The van der Waals surface area contributed by atoms with Crippen LogP contribution in [0.4, 0.5) is 10.1 Å².